The third kappa shape index (κ3) is 6.19. The van der Waals surface area contributed by atoms with Gasteiger partial charge in [0.15, 0.2) is 11.3 Å². The summed E-state index contributed by atoms with van der Waals surface area (Å²) in [7, 11) is -3.97. The van der Waals surface area contributed by atoms with Crippen LogP contribution < -0.4 is 0 Å². The summed E-state index contributed by atoms with van der Waals surface area (Å²) in [5.74, 6) is 0. The van der Waals surface area contributed by atoms with Gasteiger partial charge in [0.1, 0.15) is 5.01 Å². The van der Waals surface area contributed by atoms with Crippen molar-refractivity contribution in [2.75, 3.05) is 26.3 Å². The fourth-order valence-corrected chi connectivity index (χ4v) is 7.20. The molecule has 4 aromatic rings. The van der Waals surface area contributed by atoms with E-state index in [1.807, 2.05) is 0 Å². The predicted molar refractivity (Wildman–Crippen MR) is 144 cm³/mol. The molecule has 39 heavy (non-hydrogen) atoms. The largest absolute Gasteiger partial charge is 0.434 e. The van der Waals surface area contributed by atoms with E-state index in [1.54, 1.807) is 30.3 Å². The molecular weight excluding hydrogens is 549 g/mol. The molecule has 2 fully saturated rings. The van der Waals surface area contributed by atoms with Gasteiger partial charge in [0.25, 0.3) is 10.0 Å². The molecule has 1 aliphatic heterocycles. The van der Waals surface area contributed by atoms with Crippen LogP contribution in [0.3, 0.4) is 0 Å². The Labute approximate surface area is 229 Å². The number of hydrogen-bond acceptors (Lipinski definition) is 7. The fourth-order valence-electron chi connectivity index (χ4n) is 5.01. The second kappa shape index (κ2) is 11.7. The van der Waals surface area contributed by atoms with Crippen LogP contribution in [0.1, 0.15) is 37.8 Å². The Morgan fingerprint density at radius 3 is 2.36 bits per heavy atom. The zero-order chi connectivity index (χ0) is 27.5. The summed E-state index contributed by atoms with van der Waals surface area (Å²) in [6.45, 7) is 4.25. The first-order valence-corrected chi connectivity index (χ1v) is 15.2. The van der Waals surface area contributed by atoms with E-state index in [0.717, 1.165) is 39.9 Å². The lowest BCUT2D eigenvalue weighted by Crippen LogP contribution is -2.44. The minimum atomic E-state index is -4.57. The molecule has 208 valence electrons. The van der Waals surface area contributed by atoms with Crippen LogP contribution in [0.5, 0.6) is 0 Å². The van der Waals surface area contributed by atoms with Crippen molar-refractivity contribution in [2.24, 2.45) is 0 Å². The third-order valence-corrected chi connectivity index (χ3v) is 9.53. The average molecular weight is 579 g/mol. The Balaban J connectivity index is 0.000000214. The van der Waals surface area contributed by atoms with Crippen molar-refractivity contribution in [3.63, 3.8) is 0 Å². The Kier molecular flexibility index (Phi) is 8.36. The van der Waals surface area contributed by atoms with Gasteiger partial charge in [0.05, 0.1) is 18.1 Å². The molecule has 0 unspecified atom stereocenters. The first kappa shape index (κ1) is 27.8. The molecule has 1 aliphatic carbocycles. The lowest BCUT2D eigenvalue weighted by molar-refractivity contribution is -0.140. The number of halogens is 3. The van der Waals surface area contributed by atoms with E-state index >= 15 is 0 Å². The Bertz CT molecular complexity index is 1480. The van der Waals surface area contributed by atoms with Crippen LogP contribution >= 0.6 is 11.3 Å². The number of fused-ring (bicyclic) bond motifs is 1. The smallest absolute Gasteiger partial charge is 0.379 e. The molecule has 1 aromatic carbocycles. The summed E-state index contributed by atoms with van der Waals surface area (Å²) in [6.07, 6.45) is 5.33. The molecular formula is C27H29F3N4O3S2. The maximum Gasteiger partial charge on any atom is 0.434 e. The number of benzene rings is 1. The number of rotatable bonds is 4. The Morgan fingerprint density at radius 2 is 1.69 bits per heavy atom. The van der Waals surface area contributed by atoms with Crippen molar-refractivity contribution >= 4 is 32.4 Å². The van der Waals surface area contributed by atoms with Crippen LogP contribution in [0, 0.1) is 0 Å². The number of nitrogens with zero attached hydrogens (tertiary/aromatic N) is 4. The van der Waals surface area contributed by atoms with Crippen LogP contribution in [0.25, 0.3) is 21.6 Å². The summed E-state index contributed by atoms with van der Waals surface area (Å²) in [4.78, 5) is 10.4. The monoisotopic (exact) mass is 578 g/mol. The molecule has 0 atom stereocenters. The van der Waals surface area contributed by atoms with Gasteiger partial charge in [-0.1, -0.05) is 37.5 Å². The maximum absolute atomic E-state index is 13.0. The minimum Gasteiger partial charge on any atom is -0.379 e. The van der Waals surface area contributed by atoms with Crippen LogP contribution in [-0.2, 0) is 20.9 Å². The first-order valence-electron chi connectivity index (χ1n) is 12.9. The minimum absolute atomic E-state index is 0.0502. The summed E-state index contributed by atoms with van der Waals surface area (Å²) in [6, 6.07) is 11.8. The second-order valence-corrected chi connectivity index (χ2v) is 12.2. The van der Waals surface area contributed by atoms with Gasteiger partial charge in [-0.05, 0) is 37.1 Å². The molecule has 12 heteroatoms. The van der Waals surface area contributed by atoms with E-state index in [2.05, 4.69) is 14.9 Å². The summed E-state index contributed by atoms with van der Waals surface area (Å²) in [5, 5.41) is 1.38. The van der Waals surface area contributed by atoms with E-state index in [9.17, 15) is 21.6 Å². The maximum atomic E-state index is 13.0. The summed E-state index contributed by atoms with van der Waals surface area (Å²) in [5.41, 5.74) is -0.614. The first-order chi connectivity index (χ1) is 18.7. The molecule has 6 rings (SSSR count). The number of aromatic nitrogens is 3. The van der Waals surface area contributed by atoms with Gasteiger partial charge < -0.3 is 4.74 Å². The van der Waals surface area contributed by atoms with Gasteiger partial charge in [-0.15, -0.1) is 11.3 Å². The molecule has 4 heterocycles. The van der Waals surface area contributed by atoms with Gasteiger partial charge in [0.2, 0.25) is 0 Å². The van der Waals surface area contributed by atoms with Gasteiger partial charge in [0, 0.05) is 47.9 Å². The standard InChI is InChI=1S/C17H10F3N3O2S2.C10H19NO/c18-17(19,20)14-10-26-16(22-14)13-9-23(15-12(13)7-4-8-21-15)27(24,25)11-5-2-1-3-6-11;1-2-4-10(5-3-1)11-6-8-12-9-7-11/h1-10H;10H,1-9H2. The third-order valence-electron chi connectivity index (χ3n) is 6.99. The predicted octanol–water partition coefficient (Wildman–Crippen LogP) is 6.07. The number of morpholine rings is 1. The van der Waals surface area contributed by atoms with Crippen molar-refractivity contribution in [3.05, 3.63) is 65.9 Å². The number of thiazole rings is 1. The average Bonchev–Trinajstić information content (AvgIpc) is 3.61. The highest BCUT2D eigenvalue weighted by Gasteiger charge is 2.34. The highest BCUT2D eigenvalue weighted by Crippen LogP contribution is 2.37. The second-order valence-electron chi connectivity index (χ2n) is 9.51. The highest BCUT2D eigenvalue weighted by atomic mass is 32.2. The van der Waals surface area contributed by atoms with E-state index in [4.69, 9.17) is 4.74 Å². The highest BCUT2D eigenvalue weighted by molar-refractivity contribution is 7.90. The van der Waals surface area contributed by atoms with Crippen molar-refractivity contribution < 1.29 is 26.3 Å². The van der Waals surface area contributed by atoms with Crippen molar-refractivity contribution in [3.8, 4) is 10.6 Å². The zero-order valence-electron chi connectivity index (χ0n) is 21.2. The van der Waals surface area contributed by atoms with Crippen LogP contribution in [0.15, 0.2) is 65.1 Å². The van der Waals surface area contributed by atoms with Crippen molar-refractivity contribution in [1.82, 2.24) is 18.8 Å². The number of pyridine rings is 1. The van der Waals surface area contributed by atoms with E-state index in [1.165, 1.54) is 69.7 Å². The molecule has 0 spiro atoms. The van der Waals surface area contributed by atoms with Gasteiger partial charge in [-0.3, -0.25) is 4.90 Å². The van der Waals surface area contributed by atoms with Crippen molar-refractivity contribution in [2.45, 2.75) is 49.2 Å². The van der Waals surface area contributed by atoms with Gasteiger partial charge in [-0.25, -0.2) is 22.4 Å². The summed E-state index contributed by atoms with van der Waals surface area (Å²) < 4.78 is 70.9. The molecule has 3 aromatic heterocycles. The SMILES string of the molecule is C1CCC(N2CCOCC2)CC1.O=S(=O)(c1ccccc1)n1cc(-c2nc(C(F)(F)F)cs2)c2cccnc21. The normalized spacial score (nSPS) is 17.6. The van der Waals surface area contributed by atoms with Crippen LogP contribution in [-0.4, -0.2) is 59.6 Å². The molecule has 1 saturated heterocycles. The molecule has 2 aliphatic rings. The van der Waals surface area contributed by atoms with Crippen LogP contribution in [0.4, 0.5) is 13.2 Å². The molecule has 0 amide bonds. The fraction of sp³-hybridized carbons (Fsp3) is 0.407. The zero-order valence-corrected chi connectivity index (χ0v) is 22.8. The lowest BCUT2D eigenvalue weighted by atomic mass is 9.94. The van der Waals surface area contributed by atoms with Crippen molar-refractivity contribution in [1.29, 1.82) is 0 Å². The molecule has 1 saturated carbocycles. The quantitative estimate of drug-likeness (QED) is 0.293. The van der Waals surface area contributed by atoms with E-state index < -0.39 is 21.9 Å². The van der Waals surface area contributed by atoms with Gasteiger partial charge in [-0.2, -0.15) is 13.2 Å². The van der Waals surface area contributed by atoms with Gasteiger partial charge >= 0.3 is 6.18 Å². The van der Waals surface area contributed by atoms with E-state index in [-0.39, 0.29) is 21.1 Å². The Hall–Kier alpha value is -2.80. The lowest BCUT2D eigenvalue weighted by Gasteiger charge is -2.36. The number of hydrogen-bond donors (Lipinski definition) is 0. The van der Waals surface area contributed by atoms with E-state index in [0.29, 0.717) is 5.39 Å². The number of ether oxygens (including phenoxy) is 1. The molecule has 7 nitrogen and oxygen atoms in total. The molecule has 0 radical (unpaired) electrons. The molecule has 0 bridgehead atoms. The molecule has 0 N–H and O–H groups in total. The number of alkyl halides is 3. The topological polar surface area (TPSA) is 77.3 Å². The van der Waals surface area contributed by atoms with Crippen LogP contribution in [0.2, 0.25) is 0 Å². The summed E-state index contributed by atoms with van der Waals surface area (Å²) >= 11 is 0.797. The Morgan fingerprint density at radius 1 is 0.974 bits per heavy atom.